The smallest absolute Gasteiger partial charge is 0.291 e. The average Bonchev–Trinajstić information content (AvgIpc) is 3.12. The molecule has 0 atom stereocenters. The number of thioether (sulfide) groups is 1. The van der Waals surface area contributed by atoms with E-state index in [1.165, 1.54) is 13.2 Å². The van der Waals surface area contributed by atoms with E-state index in [0.29, 0.717) is 22.9 Å². The molecule has 3 aromatic rings. The zero-order valence-corrected chi connectivity index (χ0v) is 15.9. The topological polar surface area (TPSA) is 71.3 Å². The lowest BCUT2D eigenvalue weighted by Crippen LogP contribution is -2.15. The molecule has 0 fully saturated rings. The van der Waals surface area contributed by atoms with Crippen molar-refractivity contribution >= 4 is 35.0 Å². The van der Waals surface area contributed by atoms with Crippen molar-refractivity contribution in [1.29, 1.82) is 0 Å². The summed E-state index contributed by atoms with van der Waals surface area (Å²) >= 11 is 1.64. The highest BCUT2D eigenvalue weighted by Gasteiger charge is 2.17. The second-order valence-corrected chi connectivity index (χ2v) is 7.04. The number of rotatable bonds is 6. The molecule has 27 heavy (non-hydrogen) atoms. The third kappa shape index (κ3) is 4.80. The molecule has 0 saturated carbocycles. The number of furan rings is 1. The maximum Gasteiger partial charge on any atom is 0.291 e. The zero-order valence-electron chi connectivity index (χ0n) is 15.1. The maximum atomic E-state index is 12.7. The summed E-state index contributed by atoms with van der Waals surface area (Å²) in [6.07, 6.45) is 1.52. The van der Waals surface area contributed by atoms with Crippen molar-refractivity contribution < 1.29 is 14.0 Å². The van der Waals surface area contributed by atoms with E-state index < -0.39 is 0 Å². The van der Waals surface area contributed by atoms with Gasteiger partial charge in [-0.2, -0.15) is 0 Å². The first-order valence-electron chi connectivity index (χ1n) is 8.47. The normalized spacial score (nSPS) is 10.4. The molecular weight excluding hydrogens is 360 g/mol. The summed E-state index contributed by atoms with van der Waals surface area (Å²) in [5.74, 6) is 0.455. The van der Waals surface area contributed by atoms with Crippen molar-refractivity contribution in [3.63, 3.8) is 0 Å². The van der Waals surface area contributed by atoms with Crippen molar-refractivity contribution in [2.24, 2.45) is 0 Å². The van der Waals surface area contributed by atoms with Crippen LogP contribution in [0.15, 0.2) is 70.2 Å². The maximum absolute atomic E-state index is 12.7. The van der Waals surface area contributed by atoms with Crippen LogP contribution in [0.2, 0.25) is 0 Å². The molecule has 0 radical (unpaired) electrons. The zero-order chi connectivity index (χ0) is 19.2. The van der Waals surface area contributed by atoms with Gasteiger partial charge in [-0.05, 0) is 42.8 Å². The summed E-state index contributed by atoms with van der Waals surface area (Å²) < 4.78 is 5.43. The largest absolute Gasteiger partial charge is 0.459 e. The van der Waals surface area contributed by atoms with Crippen LogP contribution in [0.1, 0.15) is 28.6 Å². The number of hydrogen-bond donors (Lipinski definition) is 2. The predicted molar refractivity (Wildman–Crippen MR) is 108 cm³/mol. The summed E-state index contributed by atoms with van der Waals surface area (Å²) in [5.41, 5.74) is 2.91. The van der Waals surface area contributed by atoms with Crippen molar-refractivity contribution in [2.75, 3.05) is 10.6 Å². The Bertz CT molecular complexity index is 951. The van der Waals surface area contributed by atoms with Gasteiger partial charge in [-0.3, -0.25) is 9.59 Å². The van der Waals surface area contributed by atoms with Crippen LogP contribution in [-0.2, 0) is 10.5 Å². The van der Waals surface area contributed by atoms with E-state index in [1.54, 1.807) is 30.0 Å². The summed E-state index contributed by atoms with van der Waals surface area (Å²) in [6.45, 7) is 3.29. The average molecular weight is 380 g/mol. The summed E-state index contributed by atoms with van der Waals surface area (Å²) in [7, 11) is 0. The molecule has 3 rings (SSSR count). The minimum Gasteiger partial charge on any atom is -0.459 e. The molecule has 5 nitrogen and oxygen atoms in total. The fraction of sp³-hybridized carbons (Fsp3) is 0.143. The highest BCUT2D eigenvalue weighted by atomic mass is 32.2. The summed E-state index contributed by atoms with van der Waals surface area (Å²) in [4.78, 5) is 25.1. The molecule has 0 aliphatic heterocycles. The number of carbonyl (C=O) groups is 2. The molecule has 2 aromatic carbocycles. The fourth-order valence-corrected chi connectivity index (χ4v) is 3.50. The van der Waals surface area contributed by atoms with E-state index in [9.17, 15) is 9.59 Å². The van der Waals surface area contributed by atoms with E-state index in [0.717, 1.165) is 16.0 Å². The fourth-order valence-electron chi connectivity index (χ4n) is 2.60. The van der Waals surface area contributed by atoms with Gasteiger partial charge in [-0.1, -0.05) is 24.3 Å². The van der Waals surface area contributed by atoms with Crippen molar-refractivity contribution in [1.82, 2.24) is 0 Å². The van der Waals surface area contributed by atoms with E-state index >= 15 is 0 Å². The lowest BCUT2D eigenvalue weighted by atomic mass is 10.1. The van der Waals surface area contributed by atoms with Gasteiger partial charge in [-0.25, -0.2) is 0 Å². The standard InChI is InChI=1S/C21H20N2O3S/c1-14-18(22-15(2)24)9-6-10-19(14)23-21(25)20-16(11-12-26-20)13-27-17-7-4-3-5-8-17/h3-12H,13H2,1-2H3,(H,22,24)(H,23,25). The molecule has 0 aliphatic carbocycles. The lowest BCUT2D eigenvalue weighted by Gasteiger charge is -2.12. The highest BCUT2D eigenvalue weighted by molar-refractivity contribution is 7.98. The number of nitrogens with one attached hydrogen (secondary N) is 2. The Morgan fingerprint density at radius 1 is 0.963 bits per heavy atom. The van der Waals surface area contributed by atoms with Crippen LogP contribution in [0.5, 0.6) is 0 Å². The van der Waals surface area contributed by atoms with Gasteiger partial charge in [0.25, 0.3) is 5.91 Å². The minimum absolute atomic E-state index is 0.159. The van der Waals surface area contributed by atoms with Gasteiger partial charge in [0.15, 0.2) is 5.76 Å². The second kappa shape index (κ2) is 8.60. The Kier molecular flexibility index (Phi) is 5.98. The molecule has 0 saturated heterocycles. The Balaban J connectivity index is 1.72. The van der Waals surface area contributed by atoms with Crippen LogP contribution < -0.4 is 10.6 Å². The molecule has 0 bridgehead atoms. The van der Waals surface area contributed by atoms with Gasteiger partial charge in [0.1, 0.15) is 0 Å². The monoisotopic (exact) mass is 380 g/mol. The van der Waals surface area contributed by atoms with E-state index in [-0.39, 0.29) is 11.8 Å². The molecule has 138 valence electrons. The van der Waals surface area contributed by atoms with Crippen molar-refractivity contribution in [3.05, 3.63) is 77.7 Å². The molecule has 1 heterocycles. The molecular formula is C21H20N2O3S. The van der Waals surface area contributed by atoms with Gasteiger partial charge in [0.2, 0.25) is 5.91 Å². The van der Waals surface area contributed by atoms with Gasteiger partial charge < -0.3 is 15.1 Å². The van der Waals surface area contributed by atoms with Crippen LogP contribution in [-0.4, -0.2) is 11.8 Å². The number of carbonyl (C=O) groups excluding carboxylic acids is 2. The molecule has 0 aliphatic rings. The van der Waals surface area contributed by atoms with Gasteiger partial charge in [0, 0.05) is 34.5 Å². The lowest BCUT2D eigenvalue weighted by molar-refractivity contribution is -0.114. The quantitative estimate of drug-likeness (QED) is 0.584. The van der Waals surface area contributed by atoms with Crippen LogP contribution >= 0.6 is 11.8 Å². The van der Waals surface area contributed by atoms with Crippen LogP contribution in [0, 0.1) is 6.92 Å². The van der Waals surface area contributed by atoms with Gasteiger partial charge in [0.05, 0.1) is 6.26 Å². The van der Waals surface area contributed by atoms with Crippen molar-refractivity contribution in [2.45, 2.75) is 24.5 Å². The van der Waals surface area contributed by atoms with E-state index in [2.05, 4.69) is 10.6 Å². The number of benzene rings is 2. The Hall–Kier alpha value is -2.99. The Morgan fingerprint density at radius 3 is 2.37 bits per heavy atom. The third-order valence-electron chi connectivity index (χ3n) is 3.98. The van der Waals surface area contributed by atoms with Crippen LogP contribution in [0.3, 0.4) is 0 Å². The molecule has 0 unspecified atom stereocenters. The molecule has 1 aromatic heterocycles. The Morgan fingerprint density at radius 2 is 1.67 bits per heavy atom. The van der Waals surface area contributed by atoms with Gasteiger partial charge in [-0.15, -0.1) is 11.8 Å². The third-order valence-corrected chi connectivity index (χ3v) is 5.04. The SMILES string of the molecule is CC(=O)Nc1cccc(NC(=O)c2occc2CSc2ccccc2)c1C. The van der Waals surface area contributed by atoms with E-state index in [1.807, 2.05) is 43.3 Å². The summed E-state index contributed by atoms with van der Waals surface area (Å²) in [6, 6.07) is 17.2. The molecule has 6 heteroatoms. The van der Waals surface area contributed by atoms with Crippen LogP contribution in [0.25, 0.3) is 0 Å². The van der Waals surface area contributed by atoms with E-state index in [4.69, 9.17) is 4.42 Å². The number of amides is 2. The highest BCUT2D eigenvalue weighted by Crippen LogP contribution is 2.27. The predicted octanol–water partition coefficient (Wildman–Crippen LogP) is 5.09. The summed E-state index contributed by atoms with van der Waals surface area (Å²) in [5, 5.41) is 5.63. The first kappa shape index (κ1) is 18.8. The minimum atomic E-state index is -0.313. The number of hydrogen-bond acceptors (Lipinski definition) is 4. The van der Waals surface area contributed by atoms with Crippen molar-refractivity contribution in [3.8, 4) is 0 Å². The molecule has 0 spiro atoms. The van der Waals surface area contributed by atoms with Crippen LogP contribution in [0.4, 0.5) is 11.4 Å². The molecule has 2 N–H and O–H groups in total. The molecule has 2 amide bonds. The van der Waals surface area contributed by atoms with Gasteiger partial charge >= 0.3 is 0 Å². The first-order chi connectivity index (χ1) is 13.0. The Labute approximate surface area is 162 Å². The first-order valence-corrected chi connectivity index (χ1v) is 9.46. The number of anilines is 2. The second-order valence-electron chi connectivity index (χ2n) is 5.99.